The number of phenolic OH excluding ortho intramolecular Hbond substituents is 5. The van der Waals surface area contributed by atoms with Gasteiger partial charge in [0.2, 0.25) is 0 Å². The first-order valence-corrected chi connectivity index (χ1v) is 18.9. The molecule has 0 amide bonds. The van der Waals surface area contributed by atoms with Gasteiger partial charge in [-0.25, -0.2) is 0 Å². The normalized spacial score (nSPS) is 11.5. The van der Waals surface area contributed by atoms with Crippen molar-refractivity contribution in [2.24, 2.45) is 16.2 Å². The lowest BCUT2D eigenvalue weighted by Crippen LogP contribution is -2.28. The molecule has 0 saturated carbocycles. The maximum atomic E-state index is 12.1. The number of fused-ring (bicyclic) bond motifs is 3. The third-order valence-electron chi connectivity index (χ3n) is 9.80. The summed E-state index contributed by atoms with van der Waals surface area (Å²) in [4.78, 5) is 36.0. The molecule has 58 heavy (non-hydrogen) atoms. The van der Waals surface area contributed by atoms with Crippen LogP contribution in [0.1, 0.15) is 75.2 Å². The van der Waals surface area contributed by atoms with Gasteiger partial charge in [-0.3, -0.25) is 14.4 Å². The van der Waals surface area contributed by atoms with Crippen LogP contribution in [-0.2, 0) is 14.4 Å². The number of rotatable bonds is 7. The number of hydrogen-bond donors (Lipinski definition) is 5. The monoisotopic (exact) mass is 792 g/mol. The molecule has 0 unspecified atom stereocenters. The molecule has 0 aliphatic heterocycles. The van der Waals surface area contributed by atoms with E-state index < -0.39 is 16.2 Å². The fraction of sp³-hybridized carbons (Fsp3) is 0.298. The van der Waals surface area contributed by atoms with E-state index in [9.17, 15) is 39.9 Å². The molecule has 5 N–H and O–H groups in total. The van der Waals surface area contributed by atoms with Gasteiger partial charge in [-0.2, -0.15) is 0 Å². The molecule has 0 bridgehead atoms. The first kappa shape index (κ1) is 44.2. The van der Waals surface area contributed by atoms with Gasteiger partial charge in [0.05, 0.1) is 16.2 Å². The molecule has 0 fully saturated rings. The summed E-state index contributed by atoms with van der Waals surface area (Å²) >= 11 is 0. The lowest BCUT2D eigenvalue weighted by atomic mass is 9.90. The van der Waals surface area contributed by atoms with E-state index in [2.05, 4.69) is 0 Å². The minimum atomic E-state index is -0.568. The summed E-state index contributed by atoms with van der Waals surface area (Å²) in [5, 5.41) is 51.9. The second-order valence-electron chi connectivity index (χ2n) is 16.2. The highest BCUT2D eigenvalue weighted by molar-refractivity contribution is 5.96. The Morgan fingerprint density at radius 2 is 0.948 bits per heavy atom. The predicted octanol–water partition coefficient (Wildman–Crippen LogP) is 10.7. The Hall–Kier alpha value is -6.49. The molecule has 6 aromatic carbocycles. The fourth-order valence-electron chi connectivity index (χ4n) is 5.07. The van der Waals surface area contributed by atoms with Crippen molar-refractivity contribution in [2.45, 2.75) is 75.2 Å². The van der Waals surface area contributed by atoms with Crippen molar-refractivity contribution in [3.8, 4) is 46.0 Å². The molecule has 0 aliphatic carbocycles. The minimum Gasteiger partial charge on any atom is -0.508 e. The van der Waals surface area contributed by atoms with Crippen LogP contribution in [0.2, 0.25) is 0 Å². The molecule has 6 aromatic rings. The lowest BCUT2D eigenvalue weighted by Gasteiger charge is -2.20. The Morgan fingerprint density at radius 1 is 0.466 bits per heavy atom. The van der Waals surface area contributed by atoms with Crippen LogP contribution in [0.25, 0.3) is 32.3 Å². The van der Waals surface area contributed by atoms with Crippen LogP contribution < -0.4 is 14.2 Å². The van der Waals surface area contributed by atoms with Gasteiger partial charge in [-0.15, -0.1) is 0 Å². The van der Waals surface area contributed by atoms with Crippen molar-refractivity contribution in [3.05, 3.63) is 97.1 Å². The molecule has 0 aliphatic rings. The molecule has 0 aromatic heterocycles. The van der Waals surface area contributed by atoms with E-state index in [4.69, 9.17) is 14.2 Å². The second-order valence-corrected chi connectivity index (χ2v) is 16.2. The quantitative estimate of drug-likeness (QED) is 0.0590. The Bertz CT molecular complexity index is 2460. The third kappa shape index (κ3) is 10.7. The van der Waals surface area contributed by atoms with Crippen LogP contribution in [0.3, 0.4) is 0 Å². The van der Waals surface area contributed by atoms with Crippen molar-refractivity contribution < 1.29 is 54.1 Å². The topological polar surface area (TPSA) is 180 Å². The van der Waals surface area contributed by atoms with E-state index in [1.54, 1.807) is 63.2 Å². The molecular weight excluding hydrogens is 741 g/mol. The largest absolute Gasteiger partial charge is 0.508 e. The van der Waals surface area contributed by atoms with Gasteiger partial charge in [0, 0.05) is 21.5 Å². The Kier molecular flexibility index (Phi) is 13.5. The van der Waals surface area contributed by atoms with Crippen LogP contribution in [0.5, 0.6) is 46.0 Å². The highest BCUT2D eigenvalue weighted by Crippen LogP contribution is 2.37. The average Bonchev–Trinajstić information content (AvgIpc) is 3.17. The number of carbonyl (C=O) groups is 3. The zero-order valence-electron chi connectivity index (χ0n) is 34.3. The number of benzene rings is 6. The molecule has 0 radical (unpaired) electrons. The summed E-state index contributed by atoms with van der Waals surface area (Å²) in [6.07, 6.45) is 1.36. The highest BCUT2D eigenvalue weighted by atomic mass is 16.5. The van der Waals surface area contributed by atoms with Crippen LogP contribution >= 0.6 is 0 Å². The van der Waals surface area contributed by atoms with Gasteiger partial charge in [0.25, 0.3) is 0 Å². The zero-order valence-corrected chi connectivity index (χ0v) is 34.3. The third-order valence-corrected chi connectivity index (χ3v) is 9.80. The Morgan fingerprint density at radius 3 is 1.50 bits per heavy atom. The van der Waals surface area contributed by atoms with Gasteiger partial charge >= 0.3 is 17.9 Å². The van der Waals surface area contributed by atoms with Gasteiger partial charge in [0.1, 0.15) is 34.5 Å². The van der Waals surface area contributed by atoms with E-state index in [0.29, 0.717) is 51.6 Å². The molecule has 6 rings (SSSR count). The molecule has 306 valence electrons. The van der Waals surface area contributed by atoms with Crippen LogP contribution in [0.15, 0.2) is 97.1 Å². The van der Waals surface area contributed by atoms with Crippen molar-refractivity contribution in [1.29, 1.82) is 0 Å². The maximum Gasteiger partial charge on any atom is 0.316 e. The first-order chi connectivity index (χ1) is 27.1. The smallest absolute Gasteiger partial charge is 0.316 e. The van der Waals surface area contributed by atoms with Crippen molar-refractivity contribution in [2.75, 3.05) is 0 Å². The standard InChI is InChI=1S/2C16H18O4.C15H16O3/c1-4-16(2,3)15(19)20-12-6-5-10-8-13(17)14(18)9-11(10)7-12;1-4-16(2,3)15(19)20-14-8-7-13(18)12-9-10(17)5-6-11(12)14;1-15(2,3)14(17)18-13-9-8-12(16)10-6-4-5-7-11(10)13/h2*5-9,17-18H,4H2,1-3H3;4-9,16H,1-3H3. The summed E-state index contributed by atoms with van der Waals surface area (Å²) < 4.78 is 16.2. The van der Waals surface area contributed by atoms with Gasteiger partial charge in [-0.05, 0) is 139 Å². The molecule has 11 heteroatoms. The number of carbonyl (C=O) groups excluding carboxylic acids is 3. The number of ether oxygens (including phenoxy) is 3. The summed E-state index contributed by atoms with van der Waals surface area (Å²) in [7, 11) is 0. The lowest BCUT2D eigenvalue weighted by molar-refractivity contribution is -0.144. The maximum absolute atomic E-state index is 12.1. The highest BCUT2D eigenvalue weighted by Gasteiger charge is 2.29. The molecule has 0 saturated heterocycles. The first-order valence-electron chi connectivity index (χ1n) is 18.9. The van der Waals surface area contributed by atoms with E-state index in [-0.39, 0.29) is 46.7 Å². The fourth-order valence-corrected chi connectivity index (χ4v) is 5.07. The Labute approximate surface area is 338 Å². The number of esters is 3. The van der Waals surface area contributed by atoms with Crippen LogP contribution in [0, 0.1) is 16.2 Å². The van der Waals surface area contributed by atoms with Crippen molar-refractivity contribution in [1.82, 2.24) is 0 Å². The molecular formula is C47H52O11. The molecule has 0 heterocycles. The number of phenols is 5. The summed E-state index contributed by atoms with van der Waals surface area (Å²) in [5.41, 5.74) is -1.66. The van der Waals surface area contributed by atoms with Crippen molar-refractivity contribution in [3.63, 3.8) is 0 Å². The van der Waals surface area contributed by atoms with E-state index in [0.717, 1.165) is 10.8 Å². The van der Waals surface area contributed by atoms with E-state index >= 15 is 0 Å². The zero-order chi connectivity index (χ0) is 43.2. The number of hydrogen-bond acceptors (Lipinski definition) is 11. The Balaban J connectivity index is 0.000000193. The van der Waals surface area contributed by atoms with Crippen molar-refractivity contribution >= 4 is 50.2 Å². The average molecular weight is 793 g/mol. The van der Waals surface area contributed by atoms with Gasteiger partial charge < -0.3 is 39.7 Å². The molecule has 0 spiro atoms. The number of aromatic hydroxyl groups is 5. The predicted molar refractivity (Wildman–Crippen MR) is 225 cm³/mol. The summed E-state index contributed by atoms with van der Waals surface area (Å²) in [5.74, 6) is 0.267. The van der Waals surface area contributed by atoms with Gasteiger partial charge in [0.15, 0.2) is 11.5 Å². The molecule has 11 nitrogen and oxygen atoms in total. The summed E-state index contributed by atoms with van der Waals surface area (Å²) in [6.45, 7) is 16.6. The van der Waals surface area contributed by atoms with Crippen LogP contribution in [-0.4, -0.2) is 43.4 Å². The molecule has 0 atom stereocenters. The van der Waals surface area contributed by atoms with Crippen LogP contribution in [0.4, 0.5) is 0 Å². The summed E-state index contributed by atoms with van der Waals surface area (Å²) in [6, 6.07) is 25.9. The van der Waals surface area contributed by atoms with Gasteiger partial charge in [-0.1, -0.05) is 44.2 Å². The second kappa shape index (κ2) is 17.8. The van der Waals surface area contributed by atoms with E-state index in [1.165, 1.54) is 36.4 Å². The minimum absolute atomic E-state index is 0.0328. The SMILES string of the molecule is CC(C)(C)C(=O)Oc1ccc(O)c2ccccc12.CCC(C)(C)C(=O)Oc1ccc(O)c2cc(O)ccc12.CCC(C)(C)C(=O)Oc1ccc2cc(O)c(O)cc2c1. The van der Waals surface area contributed by atoms with E-state index in [1.807, 2.05) is 59.7 Å².